The van der Waals surface area contributed by atoms with Gasteiger partial charge in [0.15, 0.2) is 5.17 Å². The molecule has 0 spiro atoms. The summed E-state index contributed by atoms with van der Waals surface area (Å²) in [6.45, 7) is 2.95. The number of anilines is 1. The first kappa shape index (κ1) is 11.8. The van der Waals surface area contributed by atoms with Crippen LogP contribution in [0.4, 0.5) is 5.69 Å². The fraction of sp³-hybridized carbons (Fsp3) is 0.429. The molecule has 18 heavy (non-hydrogen) atoms. The summed E-state index contributed by atoms with van der Waals surface area (Å²) in [4.78, 5) is 18.8. The van der Waals surface area contributed by atoms with Crippen LogP contribution in [0.2, 0.25) is 0 Å². The Balaban J connectivity index is 1.91. The number of amides is 1. The smallest absolute Gasteiger partial charge is 0.236 e. The van der Waals surface area contributed by atoms with Crippen LogP contribution in [0.25, 0.3) is 0 Å². The molecular weight excluding hydrogens is 244 g/mol. The Morgan fingerprint density at radius 1 is 1.39 bits per heavy atom. The highest BCUT2D eigenvalue weighted by Gasteiger charge is 2.43. The van der Waals surface area contributed by atoms with Crippen LogP contribution in [0.15, 0.2) is 35.3 Å². The van der Waals surface area contributed by atoms with Gasteiger partial charge < -0.3 is 0 Å². The molecule has 0 radical (unpaired) electrons. The molecule has 2 unspecified atom stereocenters. The molecule has 2 atom stereocenters. The summed E-state index contributed by atoms with van der Waals surface area (Å²) in [5, 5.41) is 0.866. The van der Waals surface area contributed by atoms with Crippen LogP contribution in [-0.2, 0) is 4.79 Å². The van der Waals surface area contributed by atoms with E-state index in [4.69, 9.17) is 0 Å². The molecule has 1 saturated carbocycles. The van der Waals surface area contributed by atoms with E-state index >= 15 is 0 Å². The number of amidine groups is 1. The molecule has 1 aromatic carbocycles. The van der Waals surface area contributed by atoms with Gasteiger partial charge in [-0.25, -0.2) is 0 Å². The van der Waals surface area contributed by atoms with Crippen molar-refractivity contribution in [3.63, 3.8) is 0 Å². The lowest BCUT2D eigenvalue weighted by atomic mass is 10.2. The average molecular weight is 260 g/mol. The zero-order chi connectivity index (χ0) is 12.5. The second-order valence-electron chi connectivity index (χ2n) is 4.84. The molecule has 1 fully saturated rings. The molecule has 4 heteroatoms. The highest BCUT2D eigenvalue weighted by Crippen LogP contribution is 2.41. The lowest BCUT2D eigenvalue weighted by molar-refractivity contribution is -0.119. The number of carbonyl (C=O) groups is 1. The van der Waals surface area contributed by atoms with Gasteiger partial charge in [-0.3, -0.25) is 14.7 Å². The first-order valence-corrected chi connectivity index (χ1v) is 7.32. The van der Waals surface area contributed by atoms with Crippen molar-refractivity contribution in [2.24, 2.45) is 16.8 Å². The maximum atomic E-state index is 12.5. The lowest BCUT2D eigenvalue weighted by Gasteiger charge is -2.22. The fourth-order valence-electron chi connectivity index (χ4n) is 2.20. The van der Waals surface area contributed by atoms with Gasteiger partial charge in [0.2, 0.25) is 5.91 Å². The number of aliphatic imine (C=N–C) groups is 1. The van der Waals surface area contributed by atoms with Crippen molar-refractivity contribution in [1.29, 1.82) is 0 Å². The van der Waals surface area contributed by atoms with E-state index in [9.17, 15) is 4.79 Å². The van der Waals surface area contributed by atoms with Crippen molar-refractivity contribution < 1.29 is 4.79 Å². The lowest BCUT2D eigenvalue weighted by Crippen LogP contribution is -2.36. The molecule has 2 aliphatic rings. The van der Waals surface area contributed by atoms with Crippen molar-refractivity contribution in [2.75, 3.05) is 17.2 Å². The monoisotopic (exact) mass is 260 g/mol. The highest BCUT2D eigenvalue weighted by molar-refractivity contribution is 8.14. The van der Waals surface area contributed by atoms with Crippen molar-refractivity contribution in [1.82, 2.24) is 0 Å². The Labute approximate surface area is 111 Å². The van der Waals surface area contributed by atoms with Crippen LogP contribution in [0.5, 0.6) is 0 Å². The van der Waals surface area contributed by atoms with Crippen LogP contribution in [-0.4, -0.2) is 23.4 Å². The largest absolute Gasteiger partial charge is 0.274 e. The van der Waals surface area contributed by atoms with E-state index in [0.717, 1.165) is 29.6 Å². The Kier molecular flexibility index (Phi) is 3.12. The van der Waals surface area contributed by atoms with E-state index in [-0.39, 0.29) is 11.8 Å². The van der Waals surface area contributed by atoms with Crippen LogP contribution < -0.4 is 4.90 Å². The molecule has 94 valence electrons. The normalized spacial score (nSPS) is 25.7. The van der Waals surface area contributed by atoms with E-state index in [1.165, 1.54) is 0 Å². The van der Waals surface area contributed by atoms with Gasteiger partial charge in [0, 0.05) is 11.7 Å². The maximum Gasteiger partial charge on any atom is 0.236 e. The van der Waals surface area contributed by atoms with Gasteiger partial charge in [-0.1, -0.05) is 36.9 Å². The summed E-state index contributed by atoms with van der Waals surface area (Å²) in [5.74, 6) is 1.90. The summed E-state index contributed by atoms with van der Waals surface area (Å²) in [6.07, 6.45) is 1.01. The maximum absolute atomic E-state index is 12.5. The SMILES string of the molecule is CC1CC1C(=O)N(C1=NCCS1)c1ccccc1. The second-order valence-corrected chi connectivity index (χ2v) is 5.90. The predicted octanol–water partition coefficient (Wildman–Crippen LogP) is 2.78. The standard InChI is InChI=1S/C14H16N2OS/c1-10-9-12(10)13(17)16(14-15-7-8-18-14)11-5-3-2-4-6-11/h2-6,10,12H,7-9H2,1H3. The van der Waals surface area contributed by atoms with E-state index in [1.54, 1.807) is 11.8 Å². The Bertz CT molecular complexity index is 486. The van der Waals surface area contributed by atoms with Crippen LogP contribution in [0, 0.1) is 11.8 Å². The molecule has 1 heterocycles. The van der Waals surface area contributed by atoms with Crippen molar-refractivity contribution in [2.45, 2.75) is 13.3 Å². The first-order chi connectivity index (χ1) is 8.77. The number of rotatable bonds is 2. The number of para-hydroxylation sites is 1. The molecule has 3 rings (SSSR count). The summed E-state index contributed by atoms with van der Waals surface area (Å²) >= 11 is 1.68. The third-order valence-corrected chi connectivity index (χ3v) is 4.38. The molecule has 0 aromatic heterocycles. The molecular formula is C14H16N2OS. The van der Waals surface area contributed by atoms with Gasteiger partial charge in [-0.05, 0) is 24.5 Å². The van der Waals surface area contributed by atoms with E-state index in [0.29, 0.717) is 5.92 Å². The van der Waals surface area contributed by atoms with E-state index in [2.05, 4.69) is 11.9 Å². The Hall–Kier alpha value is -1.29. The quantitative estimate of drug-likeness (QED) is 0.819. The zero-order valence-corrected chi connectivity index (χ0v) is 11.2. The highest BCUT2D eigenvalue weighted by atomic mass is 32.2. The molecule has 1 aromatic rings. The molecule has 0 N–H and O–H groups in total. The second kappa shape index (κ2) is 4.76. The minimum atomic E-state index is 0.189. The average Bonchev–Trinajstić information content (AvgIpc) is 2.90. The van der Waals surface area contributed by atoms with Crippen molar-refractivity contribution in [3.8, 4) is 0 Å². The number of benzene rings is 1. The molecule has 3 nitrogen and oxygen atoms in total. The number of hydrogen-bond donors (Lipinski definition) is 0. The number of carbonyl (C=O) groups excluding carboxylic acids is 1. The van der Waals surface area contributed by atoms with Gasteiger partial charge in [0.05, 0.1) is 12.2 Å². The third-order valence-electron chi connectivity index (χ3n) is 3.42. The van der Waals surface area contributed by atoms with Crippen LogP contribution in [0.3, 0.4) is 0 Å². The number of nitrogens with zero attached hydrogens (tertiary/aromatic N) is 2. The predicted molar refractivity (Wildman–Crippen MR) is 76.0 cm³/mol. The summed E-state index contributed by atoms with van der Waals surface area (Å²) in [5.41, 5.74) is 0.940. The third kappa shape index (κ3) is 2.17. The Morgan fingerprint density at radius 3 is 2.67 bits per heavy atom. The summed E-state index contributed by atoms with van der Waals surface area (Å²) in [6, 6.07) is 9.85. The first-order valence-electron chi connectivity index (χ1n) is 6.33. The zero-order valence-electron chi connectivity index (χ0n) is 10.4. The molecule has 0 saturated heterocycles. The summed E-state index contributed by atoms with van der Waals surface area (Å²) in [7, 11) is 0. The number of hydrogen-bond acceptors (Lipinski definition) is 3. The van der Waals surface area contributed by atoms with E-state index < -0.39 is 0 Å². The topological polar surface area (TPSA) is 32.7 Å². The van der Waals surface area contributed by atoms with Gasteiger partial charge in [-0.15, -0.1) is 0 Å². The molecule has 0 bridgehead atoms. The van der Waals surface area contributed by atoms with Gasteiger partial charge in [0.1, 0.15) is 0 Å². The molecule has 1 aliphatic heterocycles. The van der Waals surface area contributed by atoms with Crippen molar-refractivity contribution >= 4 is 28.5 Å². The summed E-state index contributed by atoms with van der Waals surface area (Å²) < 4.78 is 0. The minimum Gasteiger partial charge on any atom is -0.274 e. The van der Waals surface area contributed by atoms with Crippen LogP contribution in [0.1, 0.15) is 13.3 Å². The molecule has 1 aliphatic carbocycles. The van der Waals surface area contributed by atoms with Gasteiger partial charge >= 0.3 is 0 Å². The number of thioether (sulfide) groups is 1. The van der Waals surface area contributed by atoms with Gasteiger partial charge in [-0.2, -0.15) is 0 Å². The van der Waals surface area contributed by atoms with Crippen LogP contribution >= 0.6 is 11.8 Å². The Morgan fingerprint density at radius 2 is 2.11 bits per heavy atom. The molecule has 1 amide bonds. The fourth-order valence-corrected chi connectivity index (χ4v) is 3.07. The van der Waals surface area contributed by atoms with Gasteiger partial charge in [0.25, 0.3) is 0 Å². The minimum absolute atomic E-state index is 0.189. The van der Waals surface area contributed by atoms with E-state index in [1.807, 2.05) is 35.2 Å². The van der Waals surface area contributed by atoms with Crippen molar-refractivity contribution in [3.05, 3.63) is 30.3 Å².